The van der Waals surface area contributed by atoms with Gasteiger partial charge in [0.1, 0.15) is 18.0 Å². The zero-order chi connectivity index (χ0) is 29.8. The number of aliphatic carboxylic acids is 1. The van der Waals surface area contributed by atoms with Crippen molar-refractivity contribution in [2.75, 3.05) is 25.4 Å². The standard InChI is InChI=1S/C31H37N3O6S/c1-21(2)19-34(29(30(35)36)13-7-8-18-32,41(38,39)23-16-14-22(33)15-17-23)31(37)40-20-28-26-11-5-3-9-24(26)25-10-4-6-12-27(25)28/h3-6,9-12,14-17,21,28-29H,7-8,13,18-20,32-33H2,1-2H3/p+1/t29-,34?/m0/s1. The maximum atomic E-state index is 14.5. The number of hydrogen-bond acceptors (Lipinski definition) is 7. The quantitative estimate of drug-likeness (QED) is 0.155. The molecule has 218 valence electrons. The molecule has 4 rings (SSSR count). The number of nitrogens with zero attached hydrogens (tertiary/aromatic N) is 1. The third-order valence-corrected chi connectivity index (χ3v) is 9.89. The number of carbonyl (C=O) groups excluding carboxylic acids is 1. The minimum atomic E-state index is -4.63. The molecule has 0 saturated carbocycles. The summed E-state index contributed by atoms with van der Waals surface area (Å²) in [5.74, 6) is -2.09. The van der Waals surface area contributed by atoms with Crippen molar-refractivity contribution in [3.63, 3.8) is 0 Å². The summed E-state index contributed by atoms with van der Waals surface area (Å²) < 4.78 is 33.4. The highest BCUT2D eigenvalue weighted by Gasteiger charge is 2.60. The van der Waals surface area contributed by atoms with E-state index < -0.39 is 32.0 Å². The molecule has 0 spiro atoms. The molecule has 0 saturated heterocycles. The van der Waals surface area contributed by atoms with Crippen LogP contribution in [0.15, 0.2) is 77.7 Å². The van der Waals surface area contributed by atoms with Gasteiger partial charge in [-0.2, -0.15) is 13.2 Å². The van der Waals surface area contributed by atoms with Crippen LogP contribution in [0.5, 0.6) is 0 Å². The predicted octanol–water partition coefficient (Wildman–Crippen LogP) is 4.96. The molecular formula is C31H38N3O6S+. The van der Waals surface area contributed by atoms with Crippen LogP contribution in [0.1, 0.15) is 50.2 Å². The highest BCUT2D eigenvalue weighted by molar-refractivity contribution is 7.86. The van der Waals surface area contributed by atoms with Crippen LogP contribution in [-0.2, 0) is 19.6 Å². The SMILES string of the molecule is CC(C)C[N+](C(=O)OCC1c2ccccc2-c2ccccc21)([C@@H](CCCCN)C(=O)O)S(=O)(=O)c1ccc(N)cc1. The number of carbonyl (C=O) groups is 2. The molecular weight excluding hydrogens is 542 g/mol. The number of nitrogens with two attached hydrogens (primary N) is 2. The molecule has 0 heterocycles. The number of fused-ring (bicyclic) bond motifs is 3. The minimum Gasteiger partial charge on any atom is -0.477 e. The molecule has 3 aromatic carbocycles. The van der Waals surface area contributed by atoms with E-state index in [4.69, 9.17) is 16.2 Å². The van der Waals surface area contributed by atoms with E-state index in [9.17, 15) is 23.1 Å². The van der Waals surface area contributed by atoms with Gasteiger partial charge in [-0.25, -0.2) is 4.79 Å². The summed E-state index contributed by atoms with van der Waals surface area (Å²) in [7, 11) is -4.63. The lowest BCUT2D eigenvalue weighted by molar-refractivity contribution is -0.755. The van der Waals surface area contributed by atoms with Crippen LogP contribution in [-0.4, -0.2) is 55.2 Å². The Kier molecular flexibility index (Phi) is 9.16. The Hall–Kier alpha value is -3.73. The van der Waals surface area contributed by atoms with Gasteiger partial charge < -0.3 is 21.3 Å². The van der Waals surface area contributed by atoms with E-state index in [1.165, 1.54) is 24.3 Å². The predicted molar refractivity (Wildman–Crippen MR) is 157 cm³/mol. The Bertz CT molecular complexity index is 1460. The fourth-order valence-electron chi connectivity index (χ4n) is 5.76. The first-order chi connectivity index (χ1) is 19.5. The largest absolute Gasteiger partial charge is 0.532 e. The first-order valence-corrected chi connectivity index (χ1v) is 15.3. The lowest BCUT2D eigenvalue weighted by Gasteiger charge is -2.38. The molecule has 1 aliphatic rings. The lowest BCUT2D eigenvalue weighted by Crippen LogP contribution is -2.66. The van der Waals surface area contributed by atoms with Crippen molar-refractivity contribution >= 4 is 27.8 Å². The Labute approximate surface area is 241 Å². The summed E-state index contributed by atoms with van der Waals surface area (Å²) in [5.41, 5.74) is 15.8. The molecule has 1 unspecified atom stereocenters. The summed E-state index contributed by atoms with van der Waals surface area (Å²) in [4.78, 5) is 26.9. The number of unbranched alkanes of at least 4 members (excludes halogenated alkanes) is 1. The number of nitrogen functional groups attached to an aromatic ring is 1. The van der Waals surface area contributed by atoms with Crippen LogP contribution in [0.25, 0.3) is 11.1 Å². The van der Waals surface area contributed by atoms with Crippen molar-refractivity contribution in [2.45, 2.75) is 50.0 Å². The van der Waals surface area contributed by atoms with E-state index in [1.54, 1.807) is 13.8 Å². The van der Waals surface area contributed by atoms with Crippen molar-refractivity contribution in [1.29, 1.82) is 0 Å². The molecule has 10 heteroatoms. The molecule has 2 atom stereocenters. The highest BCUT2D eigenvalue weighted by Crippen LogP contribution is 2.45. The first kappa shape index (κ1) is 30.2. The average molecular weight is 581 g/mol. The second kappa shape index (κ2) is 12.4. The van der Waals surface area contributed by atoms with Gasteiger partial charge >= 0.3 is 22.1 Å². The summed E-state index contributed by atoms with van der Waals surface area (Å²) >= 11 is 0. The minimum absolute atomic E-state index is 0.0718. The summed E-state index contributed by atoms with van der Waals surface area (Å²) in [6, 6.07) is 19.4. The van der Waals surface area contributed by atoms with Gasteiger partial charge in [0.05, 0.1) is 0 Å². The molecule has 0 radical (unpaired) electrons. The Morgan fingerprint density at radius 3 is 2.00 bits per heavy atom. The third-order valence-electron chi connectivity index (χ3n) is 7.61. The Balaban J connectivity index is 1.81. The average Bonchev–Trinajstić information content (AvgIpc) is 3.26. The third kappa shape index (κ3) is 5.72. The highest BCUT2D eigenvalue weighted by atomic mass is 32.2. The molecule has 0 aliphatic heterocycles. The maximum absolute atomic E-state index is 14.5. The Morgan fingerprint density at radius 2 is 1.49 bits per heavy atom. The van der Waals surface area contributed by atoms with Crippen LogP contribution in [0.2, 0.25) is 0 Å². The van der Waals surface area contributed by atoms with Crippen molar-refractivity contribution in [2.24, 2.45) is 11.7 Å². The van der Waals surface area contributed by atoms with Gasteiger partial charge in [-0.15, -0.1) is 3.89 Å². The van der Waals surface area contributed by atoms with E-state index in [2.05, 4.69) is 0 Å². The maximum Gasteiger partial charge on any atom is 0.532 e. The Morgan fingerprint density at radius 1 is 0.927 bits per heavy atom. The van der Waals surface area contributed by atoms with Gasteiger partial charge in [0.25, 0.3) is 0 Å². The van der Waals surface area contributed by atoms with Gasteiger partial charge in [-0.3, -0.25) is 0 Å². The number of carboxylic acids is 1. The number of carboxylic acid groups (broad SMARTS) is 1. The number of rotatable bonds is 12. The van der Waals surface area contributed by atoms with E-state index in [1.807, 2.05) is 48.5 Å². The molecule has 1 amide bonds. The van der Waals surface area contributed by atoms with Crippen molar-refractivity contribution in [3.05, 3.63) is 83.9 Å². The molecule has 3 aromatic rings. The van der Waals surface area contributed by atoms with Gasteiger partial charge in [0.2, 0.25) is 6.04 Å². The van der Waals surface area contributed by atoms with Crippen LogP contribution in [0, 0.1) is 5.92 Å². The number of ether oxygens (including phenoxy) is 1. The van der Waals surface area contributed by atoms with E-state index in [-0.39, 0.29) is 36.3 Å². The number of benzene rings is 3. The zero-order valence-corrected chi connectivity index (χ0v) is 24.2. The molecule has 1 aliphatic carbocycles. The first-order valence-electron chi connectivity index (χ1n) is 13.8. The molecule has 0 fully saturated rings. The fourth-order valence-corrected chi connectivity index (χ4v) is 7.89. The van der Waals surface area contributed by atoms with Crippen LogP contribution in [0.4, 0.5) is 10.5 Å². The van der Waals surface area contributed by atoms with Crippen LogP contribution < -0.4 is 11.5 Å². The molecule has 0 bridgehead atoms. The van der Waals surface area contributed by atoms with Crippen LogP contribution >= 0.6 is 0 Å². The molecule has 0 aromatic heterocycles. The molecule has 41 heavy (non-hydrogen) atoms. The van der Waals surface area contributed by atoms with Gasteiger partial charge in [0, 0.05) is 23.9 Å². The van der Waals surface area contributed by atoms with E-state index >= 15 is 0 Å². The van der Waals surface area contributed by atoms with Gasteiger partial charge in [-0.1, -0.05) is 62.4 Å². The number of hydrogen-bond donors (Lipinski definition) is 3. The summed E-state index contributed by atoms with van der Waals surface area (Å²) in [5, 5.41) is 10.4. The number of sulfonamides is 1. The normalized spacial score (nSPS) is 15.1. The zero-order valence-electron chi connectivity index (χ0n) is 23.4. The fraction of sp³-hybridized carbons (Fsp3) is 0.355. The topological polar surface area (TPSA) is 150 Å². The monoisotopic (exact) mass is 580 g/mol. The summed E-state index contributed by atoms with van der Waals surface area (Å²) in [6.07, 6.45) is -0.368. The van der Waals surface area contributed by atoms with Gasteiger partial charge in [0.15, 0.2) is 0 Å². The van der Waals surface area contributed by atoms with Crippen LogP contribution in [0.3, 0.4) is 0 Å². The molecule has 5 N–H and O–H groups in total. The smallest absolute Gasteiger partial charge is 0.477 e. The van der Waals surface area contributed by atoms with Crippen molar-refractivity contribution in [1.82, 2.24) is 0 Å². The number of amides is 1. The van der Waals surface area contributed by atoms with Crippen molar-refractivity contribution < 1.29 is 31.7 Å². The second-order valence-electron chi connectivity index (χ2n) is 10.9. The lowest BCUT2D eigenvalue weighted by atomic mass is 9.98. The number of anilines is 1. The molecule has 9 nitrogen and oxygen atoms in total. The summed E-state index contributed by atoms with van der Waals surface area (Å²) in [6.45, 7) is 3.38. The van der Waals surface area contributed by atoms with Crippen molar-refractivity contribution in [3.8, 4) is 11.1 Å². The van der Waals surface area contributed by atoms with E-state index in [0.717, 1.165) is 22.3 Å². The van der Waals surface area contributed by atoms with E-state index in [0.29, 0.717) is 25.1 Å². The number of quaternary nitrogens is 1. The van der Waals surface area contributed by atoms with Gasteiger partial charge in [-0.05, 0) is 65.9 Å². The second-order valence-corrected chi connectivity index (χ2v) is 12.9.